The van der Waals surface area contributed by atoms with Gasteiger partial charge in [-0.15, -0.1) is 0 Å². The van der Waals surface area contributed by atoms with Crippen molar-refractivity contribution in [2.45, 2.75) is 62.5 Å². The van der Waals surface area contributed by atoms with E-state index in [1.807, 2.05) is 44.2 Å². The minimum Gasteiger partial charge on any atom is -0.497 e. The van der Waals surface area contributed by atoms with Crippen molar-refractivity contribution in [3.8, 4) is 5.75 Å². The molecule has 2 aliphatic heterocycles. The first-order valence-corrected chi connectivity index (χ1v) is 15.2. The summed E-state index contributed by atoms with van der Waals surface area (Å²) in [6, 6.07) is 14.8. The van der Waals surface area contributed by atoms with Crippen LogP contribution in [0.2, 0.25) is 0 Å². The molecule has 0 aromatic heterocycles. The Morgan fingerprint density at radius 2 is 1.73 bits per heavy atom. The van der Waals surface area contributed by atoms with Gasteiger partial charge < -0.3 is 29.4 Å². The lowest BCUT2D eigenvalue weighted by Gasteiger charge is -2.33. The number of amides is 1. The highest BCUT2D eigenvalue weighted by Gasteiger charge is 2.41. The Morgan fingerprint density at radius 3 is 2.38 bits per heavy atom. The zero-order chi connectivity index (χ0) is 28.7. The van der Waals surface area contributed by atoms with Crippen molar-refractivity contribution in [3.05, 3.63) is 60.2 Å². The van der Waals surface area contributed by atoms with Crippen LogP contribution in [0.1, 0.15) is 32.3 Å². The third-order valence-corrected chi connectivity index (χ3v) is 9.07. The van der Waals surface area contributed by atoms with Crippen molar-refractivity contribution >= 4 is 16.1 Å². The molecule has 0 saturated carbocycles. The Labute approximate surface area is 236 Å². The molecule has 0 bridgehead atoms. The van der Waals surface area contributed by atoms with Crippen molar-refractivity contribution in [2.75, 3.05) is 33.4 Å². The number of aliphatic hydroxyl groups excluding tert-OH is 1. The molecule has 0 unspecified atom stereocenters. The highest BCUT2D eigenvalue weighted by atomic mass is 32.2. The van der Waals surface area contributed by atoms with Gasteiger partial charge in [0.05, 0.1) is 37.4 Å². The number of nitrogens with zero attached hydrogens (tertiary/aromatic N) is 1. The average molecular weight is 577 g/mol. The Morgan fingerprint density at radius 1 is 1.05 bits per heavy atom. The molecule has 2 N–H and O–H groups in total. The highest BCUT2D eigenvalue weighted by molar-refractivity contribution is 7.89. The van der Waals surface area contributed by atoms with Gasteiger partial charge in [0, 0.05) is 25.4 Å². The Hall–Kier alpha value is -2.70. The number of fused-ring (bicyclic) bond motifs is 1. The molecule has 0 radical (unpaired) electrons. The molecule has 0 spiro atoms. The largest absolute Gasteiger partial charge is 0.497 e. The van der Waals surface area contributed by atoms with Gasteiger partial charge in [0.2, 0.25) is 10.0 Å². The molecular formula is C29H40N2O8S. The van der Waals surface area contributed by atoms with Crippen molar-refractivity contribution < 1.29 is 37.3 Å². The number of carbonyl (C=O) groups excluding carboxylic acids is 1. The fraction of sp³-hybridized carbons (Fsp3) is 0.552. The van der Waals surface area contributed by atoms with E-state index < -0.39 is 28.3 Å². The van der Waals surface area contributed by atoms with Crippen LogP contribution in [-0.2, 0) is 30.7 Å². The minimum atomic E-state index is -3.94. The van der Waals surface area contributed by atoms with Gasteiger partial charge in [0.25, 0.3) is 0 Å². The predicted molar refractivity (Wildman–Crippen MR) is 148 cm³/mol. The third kappa shape index (κ3) is 7.73. The Bertz CT molecular complexity index is 1190. The lowest BCUT2D eigenvalue weighted by Crippen LogP contribution is -2.52. The maximum absolute atomic E-state index is 13.6. The van der Waals surface area contributed by atoms with E-state index in [1.165, 1.54) is 23.5 Å². The number of nitrogens with one attached hydrogen (secondary N) is 1. The first-order valence-electron chi connectivity index (χ1n) is 13.7. The first kappa shape index (κ1) is 30.3. The fourth-order valence-corrected chi connectivity index (χ4v) is 6.78. The highest BCUT2D eigenvalue weighted by Crippen LogP contribution is 2.32. The summed E-state index contributed by atoms with van der Waals surface area (Å²) in [6.45, 7) is 4.80. The van der Waals surface area contributed by atoms with Crippen molar-refractivity contribution in [2.24, 2.45) is 11.8 Å². The van der Waals surface area contributed by atoms with E-state index in [9.17, 15) is 18.3 Å². The fourth-order valence-electron chi connectivity index (χ4n) is 5.16. The number of rotatable bonds is 12. The van der Waals surface area contributed by atoms with Crippen LogP contribution in [0.3, 0.4) is 0 Å². The molecular weight excluding hydrogens is 536 g/mol. The summed E-state index contributed by atoms with van der Waals surface area (Å²) in [5.74, 6) is 0.508. The molecule has 2 saturated heterocycles. The van der Waals surface area contributed by atoms with Crippen LogP contribution < -0.4 is 10.1 Å². The minimum absolute atomic E-state index is 0.000757. The zero-order valence-electron chi connectivity index (χ0n) is 23.3. The normalized spacial score (nSPS) is 22.5. The lowest BCUT2D eigenvalue weighted by atomic mass is 9.95. The van der Waals surface area contributed by atoms with E-state index in [0.29, 0.717) is 25.4 Å². The lowest BCUT2D eigenvalue weighted by molar-refractivity contribution is -0.179. The standard InChI is InChI=1S/C29H40N2O8S/c1-20(2)18-31(40(34,35)23-11-9-22(36-3)10-12-23)19-26(32)25(17-21-7-5-4-6-8-21)30-29(33)39-27-14-16-38-28-24(27)13-15-37-28/h4-12,20,24-28,32H,13-19H2,1-3H3,(H,30,33)/t24-,25+,26-,27-,28+/m1/s1. The summed E-state index contributed by atoms with van der Waals surface area (Å²) in [5, 5.41) is 14.2. The molecule has 10 nitrogen and oxygen atoms in total. The average Bonchev–Trinajstić information content (AvgIpc) is 3.43. The zero-order valence-corrected chi connectivity index (χ0v) is 24.1. The van der Waals surface area contributed by atoms with E-state index in [4.69, 9.17) is 18.9 Å². The smallest absolute Gasteiger partial charge is 0.407 e. The first-order chi connectivity index (χ1) is 19.2. The van der Waals surface area contributed by atoms with Crippen LogP contribution in [0.15, 0.2) is 59.5 Å². The van der Waals surface area contributed by atoms with Crippen LogP contribution in [0.25, 0.3) is 0 Å². The second-order valence-corrected chi connectivity index (χ2v) is 12.6. The van der Waals surface area contributed by atoms with Gasteiger partial charge in [-0.25, -0.2) is 13.2 Å². The molecule has 2 aliphatic rings. The van der Waals surface area contributed by atoms with Gasteiger partial charge in [-0.3, -0.25) is 0 Å². The molecule has 2 fully saturated rings. The number of hydrogen-bond donors (Lipinski definition) is 2. The van der Waals surface area contributed by atoms with Gasteiger partial charge in [-0.1, -0.05) is 44.2 Å². The van der Waals surface area contributed by atoms with Crippen LogP contribution in [-0.4, -0.2) is 81.9 Å². The van der Waals surface area contributed by atoms with Gasteiger partial charge in [0.15, 0.2) is 6.29 Å². The SMILES string of the molecule is COc1ccc(S(=O)(=O)N(CC(C)C)C[C@@H](O)[C@H](Cc2ccccc2)NC(=O)O[C@@H]2CCO[C@@H]3OCC[C@@H]32)cc1. The van der Waals surface area contributed by atoms with E-state index in [0.717, 1.165) is 12.0 Å². The summed E-state index contributed by atoms with van der Waals surface area (Å²) >= 11 is 0. The molecule has 0 aliphatic carbocycles. The second kappa shape index (κ2) is 13.8. The van der Waals surface area contributed by atoms with Crippen LogP contribution >= 0.6 is 0 Å². The summed E-state index contributed by atoms with van der Waals surface area (Å²) in [5.41, 5.74) is 0.885. The maximum Gasteiger partial charge on any atom is 0.407 e. The number of carbonyl (C=O) groups is 1. The monoisotopic (exact) mass is 576 g/mol. The van der Waals surface area contributed by atoms with E-state index in [-0.39, 0.29) is 48.6 Å². The van der Waals surface area contributed by atoms with Gasteiger partial charge in [-0.05, 0) is 48.6 Å². The van der Waals surface area contributed by atoms with Crippen molar-refractivity contribution in [1.29, 1.82) is 0 Å². The number of aliphatic hydroxyl groups is 1. The summed E-state index contributed by atoms with van der Waals surface area (Å²) < 4.78 is 50.6. The molecule has 4 rings (SSSR count). The van der Waals surface area contributed by atoms with Gasteiger partial charge >= 0.3 is 6.09 Å². The Balaban J connectivity index is 1.51. The predicted octanol–water partition coefficient (Wildman–Crippen LogP) is 3.19. The molecule has 2 heterocycles. The van der Waals surface area contributed by atoms with Gasteiger partial charge in [-0.2, -0.15) is 4.31 Å². The maximum atomic E-state index is 13.6. The third-order valence-electron chi connectivity index (χ3n) is 7.23. The molecule has 2 aromatic carbocycles. The summed E-state index contributed by atoms with van der Waals surface area (Å²) in [6.07, 6.45) is -1.01. The summed E-state index contributed by atoms with van der Waals surface area (Å²) in [4.78, 5) is 13.2. The second-order valence-electron chi connectivity index (χ2n) is 10.7. The molecule has 11 heteroatoms. The number of hydrogen-bond acceptors (Lipinski definition) is 8. The van der Waals surface area contributed by atoms with Crippen LogP contribution in [0, 0.1) is 11.8 Å². The van der Waals surface area contributed by atoms with Crippen LogP contribution in [0.5, 0.6) is 5.75 Å². The van der Waals surface area contributed by atoms with Crippen molar-refractivity contribution in [3.63, 3.8) is 0 Å². The number of sulfonamides is 1. The number of alkyl carbamates (subject to hydrolysis) is 1. The topological polar surface area (TPSA) is 124 Å². The number of methoxy groups -OCH3 is 1. The van der Waals surface area contributed by atoms with E-state index in [2.05, 4.69) is 5.32 Å². The quantitative estimate of drug-likeness (QED) is 0.395. The van der Waals surface area contributed by atoms with Crippen molar-refractivity contribution in [1.82, 2.24) is 9.62 Å². The number of benzene rings is 2. The molecule has 5 atom stereocenters. The number of ether oxygens (including phenoxy) is 4. The Kier molecular flexibility index (Phi) is 10.4. The van der Waals surface area contributed by atoms with E-state index >= 15 is 0 Å². The molecule has 220 valence electrons. The molecule has 1 amide bonds. The van der Waals surface area contributed by atoms with Gasteiger partial charge in [0.1, 0.15) is 11.9 Å². The molecule has 40 heavy (non-hydrogen) atoms. The van der Waals surface area contributed by atoms with E-state index in [1.54, 1.807) is 12.1 Å². The molecule has 2 aromatic rings. The van der Waals surface area contributed by atoms with Crippen LogP contribution in [0.4, 0.5) is 4.79 Å². The summed E-state index contributed by atoms with van der Waals surface area (Å²) in [7, 11) is -2.43.